The summed E-state index contributed by atoms with van der Waals surface area (Å²) >= 11 is 5.52. The fourth-order valence-electron chi connectivity index (χ4n) is 4.49. The number of thiocarbonyl (C=S) groups is 1. The Bertz CT molecular complexity index is 1540. The van der Waals surface area contributed by atoms with Crippen molar-refractivity contribution in [2.45, 2.75) is 30.2 Å². The number of aryl methyl sites for hydroxylation is 1. The van der Waals surface area contributed by atoms with Crippen molar-refractivity contribution in [2.75, 3.05) is 13.1 Å². The SMILES string of the molecule is Cc1ccc(C(=O)NN(C(=S)[C@@]2(C(=O)O)CCCN2C(=O)CN)S(=O)(=O)c2ccc3ccccc3c2)cc1. The zero-order chi connectivity index (χ0) is 27.7. The summed E-state index contributed by atoms with van der Waals surface area (Å²) in [5.41, 5.74) is 6.62. The summed E-state index contributed by atoms with van der Waals surface area (Å²) in [7, 11) is -4.64. The van der Waals surface area contributed by atoms with Gasteiger partial charge in [-0.1, -0.05) is 60.2 Å². The number of carboxylic acids is 1. The molecule has 38 heavy (non-hydrogen) atoms. The monoisotopic (exact) mass is 554 g/mol. The second-order valence-electron chi connectivity index (χ2n) is 8.91. The average Bonchev–Trinajstić information content (AvgIpc) is 3.37. The molecule has 10 nitrogen and oxygen atoms in total. The van der Waals surface area contributed by atoms with Crippen LogP contribution in [0, 0.1) is 6.92 Å². The van der Waals surface area contributed by atoms with E-state index in [-0.39, 0.29) is 29.8 Å². The lowest BCUT2D eigenvalue weighted by Gasteiger charge is -2.39. The Morgan fingerprint density at radius 3 is 2.37 bits per heavy atom. The first kappa shape index (κ1) is 27.2. The topological polar surface area (TPSA) is 150 Å². The Kier molecular flexibility index (Phi) is 7.49. The third kappa shape index (κ3) is 4.73. The number of rotatable bonds is 6. The van der Waals surface area contributed by atoms with Crippen LogP contribution in [0.1, 0.15) is 28.8 Å². The number of aliphatic carboxylic acids is 1. The number of hydrogen-bond acceptors (Lipinski definition) is 7. The number of hydrazine groups is 1. The maximum Gasteiger partial charge on any atom is 0.336 e. The maximum absolute atomic E-state index is 14.0. The van der Waals surface area contributed by atoms with Gasteiger partial charge in [0.2, 0.25) is 5.91 Å². The maximum atomic E-state index is 14.0. The van der Waals surface area contributed by atoms with Crippen molar-refractivity contribution in [2.24, 2.45) is 5.73 Å². The highest BCUT2D eigenvalue weighted by atomic mass is 32.2. The molecule has 12 heteroatoms. The summed E-state index contributed by atoms with van der Waals surface area (Å²) in [6.45, 7) is 1.34. The van der Waals surface area contributed by atoms with Crippen molar-refractivity contribution in [1.82, 2.24) is 14.7 Å². The Balaban J connectivity index is 1.85. The zero-order valence-electron chi connectivity index (χ0n) is 20.5. The molecule has 1 fully saturated rings. The summed E-state index contributed by atoms with van der Waals surface area (Å²) in [5.74, 6) is -3.06. The van der Waals surface area contributed by atoms with E-state index in [9.17, 15) is 27.9 Å². The van der Waals surface area contributed by atoms with E-state index in [1.807, 2.05) is 13.0 Å². The Morgan fingerprint density at radius 2 is 1.74 bits per heavy atom. The molecule has 1 atom stereocenters. The van der Waals surface area contributed by atoms with Crippen molar-refractivity contribution in [3.63, 3.8) is 0 Å². The van der Waals surface area contributed by atoms with Crippen molar-refractivity contribution in [1.29, 1.82) is 0 Å². The van der Waals surface area contributed by atoms with Gasteiger partial charge in [0.25, 0.3) is 15.9 Å². The molecule has 1 saturated heterocycles. The highest BCUT2D eigenvalue weighted by Crippen LogP contribution is 2.34. The van der Waals surface area contributed by atoms with Crippen molar-refractivity contribution in [3.05, 3.63) is 77.9 Å². The fraction of sp³-hybridized carbons (Fsp3) is 0.231. The molecule has 0 saturated carbocycles. The van der Waals surface area contributed by atoms with Gasteiger partial charge in [0, 0.05) is 12.1 Å². The van der Waals surface area contributed by atoms with E-state index in [4.69, 9.17) is 18.0 Å². The molecule has 0 radical (unpaired) electrons. The number of nitrogens with zero attached hydrogens (tertiary/aromatic N) is 2. The first-order valence-electron chi connectivity index (χ1n) is 11.7. The first-order valence-corrected chi connectivity index (χ1v) is 13.6. The number of nitrogens with two attached hydrogens (primary N) is 1. The average molecular weight is 555 g/mol. The minimum Gasteiger partial charge on any atom is -0.479 e. The highest BCUT2D eigenvalue weighted by molar-refractivity contribution is 7.91. The van der Waals surface area contributed by atoms with Crippen LogP contribution in [0.15, 0.2) is 71.6 Å². The molecule has 1 aliphatic heterocycles. The molecule has 0 aliphatic carbocycles. The van der Waals surface area contributed by atoms with Gasteiger partial charge in [0.15, 0.2) is 10.5 Å². The molecule has 3 aromatic rings. The molecule has 3 aromatic carbocycles. The molecular formula is C26H26N4O6S2. The lowest BCUT2D eigenvalue weighted by Crippen LogP contribution is -2.66. The van der Waals surface area contributed by atoms with E-state index < -0.39 is 44.9 Å². The van der Waals surface area contributed by atoms with Crippen LogP contribution in [-0.4, -0.2) is 64.2 Å². The van der Waals surface area contributed by atoms with Crippen LogP contribution in [0.25, 0.3) is 10.8 Å². The van der Waals surface area contributed by atoms with Crippen molar-refractivity contribution >= 4 is 55.8 Å². The lowest BCUT2D eigenvalue weighted by molar-refractivity contribution is -0.151. The predicted octanol–water partition coefficient (Wildman–Crippen LogP) is 2.22. The van der Waals surface area contributed by atoms with Crippen LogP contribution < -0.4 is 11.2 Å². The van der Waals surface area contributed by atoms with E-state index >= 15 is 0 Å². The zero-order valence-corrected chi connectivity index (χ0v) is 22.1. The van der Waals surface area contributed by atoms with E-state index in [1.165, 1.54) is 24.3 Å². The number of sulfonamides is 1. The summed E-state index contributed by atoms with van der Waals surface area (Å²) in [4.78, 5) is 38.6. The number of fused-ring (bicyclic) bond motifs is 1. The molecule has 4 rings (SSSR count). The molecule has 0 bridgehead atoms. The van der Waals surface area contributed by atoms with Crippen LogP contribution in [0.3, 0.4) is 0 Å². The minimum atomic E-state index is -4.64. The quantitative estimate of drug-likeness (QED) is 0.310. The number of amides is 2. The molecule has 4 N–H and O–H groups in total. The third-order valence-electron chi connectivity index (χ3n) is 6.52. The van der Waals surface area contributed by atoms with Crippen LogP contribution >= 0.6 is 12.2 Å². The Labute approximate surface area is 225 Å². The molecule has 1 aliphatic rings. The van der Waals surface area contributed by atoms with Gasteiger partial charge in [0.1, 0.15) is 0 Å². The van der Waals surface area contributed by atoms with Crippen LogP contribution in [0.5, 0.6) is 0 Å². The third-order valence-corrected chi connectivity index (χ3v) is 8.76. The molecule has 0 spiro atoms. The molecular weight excluding hydrogens is 528 g/mol. The van der Waals surface area contributed by atoms with Crippen LogP contribution in [0.2, 0.25) is 0 Å². The molecule has 2 amide bonds. The molecule has 198 valence electrons. The lowest BCUT2D eigenvalue weighted by atomic mass is 9.96. The molecule has 1 heterocycles. The largest absolute Gasteiger partial charge is 0.479 e. The standard InChI is InChI=1S/C26H26N4O6S2/c1-17-7-9-19(10-8-17)23(32)28-30(24(37)26(25(33)34)13-4-14-29(26)22(31)16-27)38(35,36)21-12-11-18-5-2-3-6-20(18)15-21/h2-3,5-12,15H,4,13-14,16,27H2,1H3,(H,28,32)(H,33,34)/t26-/m1/s1. The highest BCUT2D eigenvalue weighted by Gasteiger charge is 2.57. The normalized spacial score (nSPS) is 17.3. The summed E-state index contributed by atoms with van der Waals surface area (Å²) in [6, 6.07) is 17.8. The van der Waals surface area contributed by atoms with Gasteiger partial charge in [-0.05, 0) is 54.8 Å². The van der Waals surface area contributed by atoms with Gasteiger partial charge in [0.05, 0.1) is 11.4 Å². The van der Waals surface area contributed by atoms with Gasteiger partial charge >= 0.3 is 5.97 Å². The number of carbonyl (C=O) groups is 3. The van der Waals surface area contributed by atoms with Crippen molar-refractivity contribution < 1.29 is 27.9 Å². The minimum absolute atomic E-state index is 0.0121. The van der Waals surface area contributed by atoms with Gasteiger partial charge in [-0.3, -0.25) is 9.59 Å². The first-order chi connectivity index (χ1) is 18.0. The van der Waals surface area contributed by atoms with E-state index in [0.717, 1.165) is 15.8 Å². The summed E-state index contributed by atoms with van der Waals surface area (Å²) < 4.78 is 28.4. The van der Waals surface area contributed by atoms with Gasteiger partial charge in [-0.25, -0.2) is 10.2 Å². The molecule has 0 aromatic heterocycles. The summed E-state index contributed by atoms with van der Waals surface area (Å²) in [5, 5.41) is 11.7. The summed E-state index contributed by atoms with van der Waals surface area (Å²) in [6.07, 6.45) is 0.0883. The predicted molar refractivity (Wildman–Crippen MR) is 145 cm³/mol. The Morgan fingerprint density at radius 1 is 1.08 bits per heavy atom. The van der Waals surface area contributed by atoms with Crippen LogP contribution in [-0.2, 0) is 19.6 Å². The second-order valence-corrected chi connectivity index (χ2v) is 11.1. The number of carbonyl (C=O) groups excluding carboxylic acids is 2. The fourth-order valence-corrected chi connectivity index (χ4v) is 6.42. The second kappa shape index (κ2) is 10.5. The number of hydrogen-bond donors (Lipinski definition) is 3. The van der Waals surface area contributed by atoms with Gasteiger partial charge in [-0.2, -0.15) is 12.8 Å². The van der Waals surface area contributed by atoms with Gasteiger partial charge in [-0.15, -0.1) is 0 Å². The van der Waals surface area contributed by atoms with Gasteiger partial charge < -0.3 is 15.7 Å². The number of likely N-dealkylation sites (tertiary alicyclic amines) is 1. The van der Waals surface area contributed by atoms with Crippen LogP contribution in [0.4, 0.5) is 0 Å². The van der Waals surface area contributed by atoms with E-state index in [1.54, 1.807) is 36.4 Å². The number of nitrogens with one attached hydrogen (secondary N) is 1. The van der Waals surface area contributed by atoms with Crippen molar-refractivity contribution in [3.8, 4) is 0 Å². The number of benzene rings is 3. The van der Waals surface area contributed by atoms with E-state index in [0.29, 0.717) is 9.80 Å². The smallest absolute Gasteiger partial charge is 0.336 e. The number of carboxylic acid groups (broad SMARTS) is 1. The molecule has 0 unspecified atom stereocenters. The Hall–Kier alpha value is -3.87. The van der Waals surface area contributed by atoms with E-state index in [2.05, 4.69) is 5.43 Å².